The Kier molecular flexibility index (Phi) is 5.55. The Morgan fingerprint density at radius 2 is 0.952 bits per heavy atom. The summed E-state index contributed by atoms with van der Waals surface area (Å²) in [6.45, 7) is 6.50. The number of hydrogen-bond acceptors (Lipinski definition) is 1. The lowest BCUT2D eigenvalue weighted by Crippen LogP contribution is -2.11. The molecule has 0 N–H and O–H groups in total. The van der Waals surface area contributed by atoms with E-state index in [1.807, 2.05) is 0 Å². The number of benzene rings is 7. The van der Waals surface area contributed by atoms with Gasteiger partial charge in [0.15, 0.2) is 0 Å². The molecule has 0 amide bonds. The van der Waals surface area contributed by atoms with Gasteiger partial charge in [0, 0.05) is 17.1 Å². The monoisotopic (exact) mass is 537 g/mol. The zero-order chi connectivity index (χ0) is 28.4. The molecule has 1 heteroatoms. The first kappa shape index (κ1) is 24.6. The van der Waals surface area contributed by atoms with E-state index in [0.29, 0.717) is 0 Å². The zero-order valence-electron chi connectivity index (χ0n) is 24.1. The third-order valence-corrected chi connectivity index (χ3v) is 8.77. The summed E-state index contributed by atoms with van der Waals surface area (Å²) in [6, 6.07) is 49.4. The molecule has 0 atom stereocenters. The van der Waals surface area contributed by atoms with Gasteiger partial charge in [0.2, 0.25) is 0 Å². The minimum atomic E-state index is 1.17. The highest BCUT2D eigenvalue weighted by Crippen LogP contribution is 2.51. The molecule has 1 nitrogen and oxygen atoms in total. The molecule has 1 aliphatic carbocycles. The first-order valence-electron chi connectivity index (χ1n) is 14.7. The van der Waals surface area contributed by atoms with Gasteiger partial charge in [0.05, 0.1) is 0 Å². The van der Waals surface area contributed by atoms with Gasteiger partial charge in [0.25, 0.3) is 0 Å². The van der Waals surface area contributed by atoms with Gasteiger partial charge in [-0.3, -0.25) is 0 Å². The second kappa shape index (κ2) is 9.46. The molecule has 0 spiro atoms. The third-order valence-electron chi connectivity index (χ3n) is 8.77. The van der Waals surface area contributed by atoms with Crippen LogP contribution < -0.4 is 4.90 Å². The van der Waals surface area contributed by atoms with Crippen molar-refractivity contribution >= 4 is 38.6 Å². The number of hydrogen-bond donors (Lipinski definition) is 0. The standard InChI is InChI=1S/C41H31N/c1-26-9-15-35(16-10-26)42(41-18-11-27(2)19-28(41)3)36-17-14-32-23-38-39-24-33-20-30(29-7-5-4-6-8-29)12-13-31(33)22-37(39)40(38)25-34(32)21-36/h4-25H,1-3H3. The van der Waals surface area contributed by atoms with Crippen LogP contribution in [-0.2, 0) is 0 Å². The van der Waals surface area contributed by atoms with Crippen LogP contribution in [0, 0.1) is 20.8 Å². The first-order chi connectivity index (χ1) is 20.5. The molecule has 0 fully saturated rings. The van der Waals surface area contributed by atoms with Crippen LogP contribution in [0.4, 0.5) is 17.1 Å². The Labute approximate surface area is 247 Å². The molecule has 7 aromatic rings. The van der Waals surface area contributed by atoms with Crippen LogP contribution in [-0.4, -0.2) is 0 Å². The number of fused-ring (bicyclic) bond motifs is 6. The second-order valence-corrected chi connectivity index (χ2v) is 11.7. The maximum absolute atomic E-state index is 2.39. The molecule has 0 saturated heterocycles. The maximum atomic E-state index is 2.39. The van der Waals surface area contributed by atoms with Gasteiger partial charge >= 0.3 is 0 Å². The van der Waals surface area contributed by atoms with Crippen molar-refractivity contribution in [2.75, 3.05) is 4.90 Å². The SMILES string of the molecule is Cc1ccc(N(c2ccc3cc4c(cc3c2)-c2cc3ccc(-c5ccccc5)cc3cc2-4)c2ccc(C)cc2C)cc1. The van der Waals surface area contributed by atoms with Crippen molar-refractivity contribution in [2.24, 2.45) is 0 Å². The van der Waals surface area contributed by atoms with E-state index >= 15 is 0 Å². The van der Waals surface area contributed by atoms with Crippen molar-refractivity contribution in [3.8, 4) is 33.4 Å². The van der Waals surface area contributed by atoms with Crippen molar-refractivity contribution < 1.29 is 0 Å². The molecule has 0 aliphatic heterocycles. The number of aryl methyl sites for hydroxylation is 3. The highest BCUT2D eigenvalue weighted by molar-refractivity contribution is 6.12. The summed E-state index contributed by atoms with van der Waals surface area (Å²) in [4.78, 5) is 2.39. The Hall–Kier alpha value is -5.14. The molecule has 0 bridgehead atoms. The Morgan fingerprint density at radius 3 is 1.62 bits per heavy atom. The fourth-order valence-corrected chi connectivity index (χ4v) is 6.54. The van der Waals surface area contributed by atoms with Gasteiger partial charge in [-0.2, -0.15) is 0 Å². The van der Waals surface area contributed by atoms with Gasteiger partial charge in [-0.15, -0.1) is 0 Å². The van der Waals surface area contributed by atoms with E-state index in [9.17, 15) is 0 Å². The summed E-state index contributed by atoms with van der Waals surface area (Å²) in [5.41, 5.74) is 15.3. The van der Waals surface area contributed by atoms with E-state index in [1.165, 1.54) is 88.7 Å². The van der Waals surface area contributed by atoms with Crippen molar-refractivity contribution in [3.63, 3.8) is 0 Å². The van der Waals surface area contributed by atoms with E-state index in [2.05, 4.69) is 159 Å². The van der Waals surface area contributed by atoms with Crippen LogP contribution in [0.3, 0.4) is 0 Å². The lowest BCUT2D eigenvalue weighted by Gasteiger charge is -2.29. The molecule has 8 rings (SSSR count). The Balaban J connectivity index is 1.22. The smallest absolute Gasteiger partial charge is 0.0490 e. The minimum Gasteiger partial charge on any atom is -0.310 e. The van der Waals surface area contributed by atoms with E-state index in [0.717, 1.165) is 0 Å². The Morgan fingerprint density at radius 1 is 0.381 bits per heavy atom. The van der Waals surface area contributed by atoms with Crippen LogP contribution in [0.15, 0.2) is 133 Å². The summed E-state index contributed by atoms with van der Waals surface area (Å²) < 4.78 is 0. The quantitative estimate of drug-likeness (QED) is 0.216. The van der Waals surface area contributed by atoms with Crippen LogP contribution in [0.2, 0.25) is 0 Å². The molecule has 7 aromatic carbocycles. The predicted octanol–water partition coefficient (Wildman–Crippen LogP) is 11.7. The summed E-state index contributed by atoms with van der Waals surface area (Å²) in [7, 11) is 0. The Bertz CT molecular complexity index is 2150. The van der Waals surface area contributed by atoms with Crippen LogP contribution in [0.5, 0.6) is 0 Å². The molecule has 0 heterocycles. The van der Waals surface area contributed by atoms with Crippen LogP contribution >= 0.6 is 0 Å². The highest BCUT2D eigenvalue weighted by Gasteiger charge is 2.24. The van der Waals surface area contributed by atoms with Crippen LogP contribution in [0.25, 0.3) is 54.9 Å². The van der Waals surface area contributed by atoms with Gasteiger partial charge in [-0.25, -0.2) is 0 Å². The zero-order valence-corrected chi connectivity index (χ0v) is 24.1. The average molecular weight is 538 g/mol. The summed E-state index contributed by atoms with van der Waals surface area (Å²) in [5, 5.41) is 5.11. The van der Waals surface area contributed by atoms with E-state index in [-0.39, 0.29) is 0 Å². The maximum Gasteiger partial charge on any atom is 0.0490 e. The lowest BCUT2D eigenvalue weighted by atomic mass is 9.77. The summed E-state index contributed by atoms with van der Waals surface area (Å²) in [5.74, 6) is 0. The van der Waals surface area contributed by atoms with Crippen molar-refractivity contribution in [3.05, 3.63) is 150 Å². The lowest BCUT2D eigenvalue weighted by molar-refractivity contribution is 1.24. The molecular formula is C41H31N. The van der Waals surface area contributed by atoms with Crippen molar-refractivity contribution in [1.82, 2.24) is 0 Å². The number of rotatable bonds is 4. The van der Waals surface area contributed by atoms with Gasteiger partial charge < -0.3 is 4.90 Å². The molecule has 200 valence electrons. The third kappa shape index (κ3) is 4.01. The molecule has 0 aromatic heterocycles. The molecule has 0 unspecified atom stereocenters. The summed E-state index contributed by atoms with van der Waals surface area (Å²) >= 11 is 0. The predicted molar refractivity (Wildman–Crippen MR) is 180 cm³/mol. The number of anilines is 3. The van der Waals surface area contributed by atoms with E-state index in [1.54, 1.807) is 0 Å². The van der Waals surface area contributed by atoms with Crippen molar-refractivity contribution in [1.29, 1.82) is 0 Å². The fraction of sp³-hybridized carbons (Fsp3) is 0.0732. The molecule has 0 saturated carbocycles. The van der Waals surface area contributed by atoms with Crippen LogP contribution in [0.1, 0.15) is 16.7 Å². The molecule has 1 aliphatic rings. The van der Waals surface area contributed by atoms with Gasteiger partial charge in [-0.1, -0.05) is 83.9 Å². The van der Waals surface area contributed by atoms with E-state index < -0.39 is 0 Å². The molecule has 42 heavy (non-hydrogen) atoms. The average Bonchev–Trinajstić information content (AvgIpc) is 3.01. The van der Waals surface area contributed by atoms with Gasteiger partial charge in [0.1, 0.15) is 0 Å². The summed E-state index contributed by atoms with van der Waals surface area (Å²) in [6.07, 6.45) is 0. The van der Waals surface area contributed by atoms with Crippen molar-refractivity contribution in [2.45, 2.75) is 20.8 Å². The van der Waals surface area contributed by atoms with E-state index in [4.69, 9.17) is 0 Å². The first-order valence-corrected chi connectivity index (χ1v) is 14.7. The topological polar surface area (TPSA) is 3.24 Å². The minimum absolute atomic E-state index is 1.17. The normalized spacial score (nSPS) is 11.7. The van der Waals surface area contributed by atoms with Gasteiger partial charge in [-0.05, 0) is 142 Å². The fourth-order valence-electron chi connectivity index (χ4n) is 6.54. The number of nitrogens with zero attached hydrogens (tertiary/aromatic N) is 1. The molecule has 0 radical (unpaired) electrons. The second-order valence-electron chi connectivity index (χ2n) is 11.7. The molecular weight excluding hydrogens is 506 g/mol. The highest BCUT2D eigenvalue weighted by atomic mass is 15.1. The largest absolute Gasteiger partial charge is 0.310 e.